The number of amides is 2. The third kappa shape index (κ3) is 4.22. The van der Waals surface area contributed by atoms with Crippen molar-refractivity contribution in [1.29, 1.82) is 0 Å². The average Bonchev–Trinajstić information content (AvgIpc) is 3.02. The number of cyclic esters (lactones) is 1. The van der Waals surface area contributed by atoms with Gasteiger partial charge in [0.2, 0.25) is 12.5 Å². The summed E-state index contributed by atoms with van der Waals surface area (Å²) in [4.78, 5) is 29.1. The molecule has 0 spiro atoms. The van der Waals surface area contributed by atoms with Crippen molar-refractivity contribution in [2.75, 3.05) is 42.5 Å². The number of carbonyl (C=O) groups is 2. The fourth-order valence-electron chi connectivity index (χ4n) is 3.21. The number of hydrogen-bond donors (Lipinski definition) is 1. The maximum atomic E-state index is 14.7. The molecular weight excluding hydrogens is 370 g/mol. The summed E-state index contributed by atoms with van der Waals surface area (Å²) in [6.07, 6.45) is -0.829. The van der Waals surface area contributed by atoms with Crippen molar-refractivity contribution in [3.63, 3.8) is 0 Å². The van der Waals surface area contributed by atoms with E-state index in [1.807, 2.05) is 0 Å². The number of hydrogen-bond acceptors (Lipinski definition) is 4. The normalized spacial score (nSPS) is 21.8. The molecule has 1 N–H and O–H groups in total. The van der Waals surface area contributed by atoms with Crippen molar-refractivity contribution in [3.05, 3.63) is 47.1 Å². The lowest BCUT2D eigenvalue weighted by Crippen LogP contribution is -2.37. The van der Waals surface area contributed by atoms with Gasteiger partial charge in [0.05, 0.1) is 31.0 Å². The Labute approximate surface area is 161 Å². The Morgan fingerprint density at radius 3 is 2.86 bits per heavy atom. The molecule has 1 aromatic carbocycles. The molecule has 0 radical (unpaired) electrons. The van der Waals surface area contributed by atoms with E-state index in [9.17, 15) is 18.4 Å². The summed E-state index contributed by atoms with van der Waals surface area (Å²) < 4.78 is 34.0. The number of halogens is 2. The van der Waals surface area contributed by atoms with Gasteiger partial charge in [-0.1, -0.05) is 6.08 Å². The molecule has 2 atom stereocenters. The molecule has 2 amide bonds. The first-order valence-corrected chi connectivity index (χ1v) is 8.82. The van der Waals surface area contributed by atoms with Gasteiger partial charge in [-0.3, -0.25) is 9.69 Å². The predicted octanol–water partition coefficient (Wildman–Crippen LogP) is 2.29. The zero-order valence-electron chi connectivity index (χ0n) is 15.3. The van der Waals surface area contributed by atoms with Crippen molar-refractivity contribution < 1.29 is 23.1 Å². The molecular formula is C19H20F2N4O3. The van der Waals surface area contributed by atoms with E-state index in [2.05, 4.69) is 10.2 Å². The van der Waals surface area contributed by atoms with Crippen molar-refractivity contribution in [2.45, 2.75) is 19.2 Å². The molecule has 9 heteroatoms. The molecule has 1 aromatic rings. The van der Waals surface area contributed by atoms with Gasteiger partial charge < -0.3 is 19.8 Å². The summed E-state index contributed by atoms with van der Waals surface area (Å²) in [5.41, 5.74) is 0.981. The van der Waals surface area contributed by atoms with Crippen LogP contribution in [0.2, 0.25) is 0 Å². The summed E-state index contributed by atoms with van der Waals surface area (Å²) >= 11 is 0. The van der Waals surface area contributed by atoms with E-state index >= 15 is 0 Å². The Balaban J connectivity index is 1.70. The van der Waals surface area contributed by atoms with Gasteiger partial charge in [-0.05, 0) is 18.2 Å². The maximum absolute atomic E-state index is 14.7. The SMILES string of the molecule is [C-]#[N+]CC1=CCN(c2ccc(N3C[C@H](CNC(C)=O)OC3=O)cc2F)CC1F. The van der Waals surface area contributed by atoms with E-state index in [1.165, 1.54) is 24.0 Å². The molecule has 1 saturated heterocycles. The Hall–Kier alpha value is -3.15. The number of anilines is 2. The number of benzene rings is 1. The van der Waals surface area contributed by atoms with E-state index < -0.39 is 24.2 Å². The predicted molar refractivity (Wildman–Crippen MR) is 99.4 cm³/mol. The number of ether oxygens (including phenoxy) is 1. The number of alkyl halides is 1. The van der Waals surface area contributed by atoms with Gasteiger partial charge in [-0.15, -0.1) is 0 Å². The minimum absolute atomic E-state index is 0.00709. The molecule has 0 bridgehead atoms. The standard InChI is InChI=1S/C19H20F2N4O3/c1-12(26)23-9-15-10-25(19(27)28-15)14-3-4-18(16(20)7-14)24-6-5-13(8-22-2)17(21)11-24/h3-5,7,15,17H,6,8-11H2,1H3,(H,23,26)/t15-,17?/m0/s1. The maximum Gasteiger partial charge on any atom is 0.414 e. The van der Waals surface area contributed by atoms with Crippen LogP contribution in [-0.4, -0.2) is 57.0 Å². The molecule has 2 heterocycles. The van der Waals surface area contributed by atoms with E-state index in [-0.39, 0.29) is 37.8 Å². The molecule has 2 aliphatic rings. The number of rotatable bonds is 5. The third-order valence-corrected chi connectivity index (χ3v) is 4.65. The first-order valence-electron chi connectivity index (χ1n) is 8.82. The third-order valence-electron chi connectivity index (χ3n) is 4.65. The topological polar surface area (TPSA) is 66.2 Å². The van der Waals surface area contributed by atoms with Crippen LogP contribution in [0.4, 0.5) is 25.0 Å². The lowest BCUT2D eigenvalue weighted by molar-refractivity contribution is -0.119. The molecule has 148 valence electrons. The highest BCUT2D eigenvalue weighted by Crippen LogP contribution is 2.30. The molecule has 3 rings (SSSR count). The molecule has 2 aliphatic heterocycles. The highest BCUT2D eigenvalue weighted by Gasteiger charge is 2.33. The quantitative estimate of drug-likeness (QED) is 0.619. The Morgan fingerprint density at radius 1 is 1.43 bits per heavy atom. The van der Waals surface area contributed by atoms with Gasteiger partial charge in [0.15, 0.2) is 0 Å². The van der Waals surface area contributed by atoms with Gasteiger partial charge >= 0.3 is 6.09 Å². The Kier molecular flexibility index (Phi) is 5.78. The van der Waals surface area contributed by atoms with Crippen LogP contribution in [0.25, 0.3) is 4.85 Å². The van der Waals surface area contributed by atoms with Gasteiger partial charge in [-0.25, -0.2) is 20.1 Å². The summed E-state index contributed by atoms with van der Waals surface area (Å²) in [7, 11) is 0. The summed E-state index contributed by atoms with van der Waals surface area (Å²) in [6, 6.07) is 4.29. The lowest BCUT2D eigenvalue weighted by atomic mass is 10.1. The number of carbonyl (C=O) groups excluding carboxylic acids is 2. The largest absolute Gasteiger partial charge is 0.442 e. The molecule has 1 unspecified atom stereocenters. The summed E-state index contributed by atoms with van der Waals surface area (Å²) in [5.74, 6) is -0.809. The van der Waals surface area contributed by atoms with Crippen LogP contribution in [0.5, 0.6) is 0 Å². The van der Waals surface area contributed by atoms with Gasteiger partial charge in [0.25, 0.3) is 0 Å². The van der Waals surface area contributed by atoms with Crippen molar-refractivity contribution in [3.8, 4) is 0 Å². The molecule has 1 fully saturated rings. The summed E-state index contributed by atoms with van der Waals surface area (Å²) in [6.45, 7) is 8.88. The molecule has 0 aliphatic carbocycles. The Morgan fingerprint density at radius 2 is 2.21 bits per heavy atom. The van der Waals surface area contributed by atoms with E-state index in [0.717, 1.165) is 0 Å². The minimum atomic E-state index is -1.31. The molecule has 0 aromatic heterocycles. The van der Waals surface area contributed by atoms with Gasteiger partial charge in [0, 0.05) is 19.0 Å². The van der Waals surface area contributed by atoms with Crippen molar-refractivity contribution in [2.24, 2.45) is 0 Å². The molecule has 7 nitrogen and oxygen atoms in total. The first kappa shape index (κ1) is 19.6. The van der Waals surface area contributed by atoms with Crippen LogP contribution in [0.15, 0.2) is 29.8 Å². The van der Waals surface area contributed by atoms with Crippen LogP contribution >= 0.6 is 0 Å². The highest BCUT2D eigenvalue weighted by molar-refractivity contribution is 5.90. The van der Waals surface area contributed by atoms with Crippen LogP contribution in [0, 0.1) is 12.4 Å². The average molecular weight is 390 g/mol. The molecule has 28 heavy (non-hydrogen) atoms. The number of nitrogens with one attached hydrogen (secondary N) is 1. The van der Waals surface area contributed by atoms with Crippen LogP contribution < -0.4 is 15.1 Å². The van der Waals surface area contributed by atoms with E-state index in [0.29, 0.717) is 17.8 Å². The second-order valence-corrected chi connectivity index (χ2v) is 6.66. The molecule has 0 saturated carbocycles. The highest BCUT2D eigenvalue weighted by atomic mass is 19.1. The minimum Gasteiger partial charge on any atom is -0.442 e. The van der Waals surface area contributed by atoms with Crippen molar-refractivity contribution >= 4 is 23.4 Å². The second kappa shape index (κ2) is 8.25. The number of nitrogens with zero attached hydrogens (tertiary/aromatic N) is 3. The van der Waals surface area contributed by atoms with Crippen LogP contribution in [0.3, 0.4) is 0 Å². The van der Waals surface area contributed by atoms with E-state index in [4.69, 9.17) is 11.3 Å². The zero-order valence-corrected chi connectivity index (χ0v) is 15.3. The zero-order chi connectivity index (χ0) is 20.3. The summed E-state index contributed by atoms with van der Waals surface area (Å²) in [5, 5.41) is 2.58. The first-order chi connectivity index (χ1) is 13.4. The van der Waals surface area contributed by atoms with Crippen molar-refractivity contribution in [1.82, 2.24) is 5.32 Å². The fourth-order valence-corrected chi connectivity index (χ4v) is 3.21. The van der Waals surface area contributed by atoms with Gasteiger partial charge in [0.1, 0.15) is 18.1 Å². The monoisotopic (exact) mass is 390 g/mol. The second-order valence-electron chi connectivity index (χ2n) is 6.66. The lowest BCUT2D eigenvalue weighted by Gasteiger charge is -2.30. The Bertz CT molecular complexity index is 852. The smallest absolute Gasteiger partial charge is 0.414 e. The van der Waals surface area contributed by atoms with E-state index in [1.54, 1.807) is 17.0 Å². The van der Waals surface area contributed by atoms with Crippen LogP contribution in [0.1, 0.15) is 6.92 Å². The van der Waals surface area contributed by atoms with Gasteiger partial charge in [-0.2, -0.15) is 0 Å². The fraction of sp³-hybridized carbons (Fsp3) is 0.421. The van der Waals surface area contributed by atoms with Crippen LogP contribution in [-0.2, 0) is 9.53 Å².